The van der Waals surface area contributed by atoms with Gasteiger partial charge in [0.25, 0.3) is 11.8 Å². The van der Waals surface area contributed by atoms with Crippen LogP contribution >= 0.6 is 11.6 Å². The Morgan fingerprint density at radius 1 is 1.46 bits per heavy atom. The number of rotatable bonds is 5. The molecule has 0 spiro atoms. The van der Waals surface area contributed by atoms with Gasteiger partial charge in [0.15, 0.2) is 6.10 Å². The summed E-state index contributed by atoms with van der Waals surface area (Å²) in [6.07, 6.45) is 1.40. The van der Waals surface area contributed by atoms with Gasteiger partial charge in [-0.2, -0.15) is 5.10 Å². The summed E-state index contributed by atoms with van der Waals surface area (Å²) in [7, 11) is 0. The van der Waals surface area contributed by atoms with E-state index in [0.717, 1.165) is 12.8 Å². The van der Waals surface area contributed by atoms with Gasteiger partial charge in [-0.15, -0.1) is 0 Å². The summed E-state index contributed by atoms with van der Waals surface area (Å²) in [4.78, 5) is 24.4. The van der Waals surface area contributed by atoms with Gasteiger partial charge in [0.2, 0.25) is 0 Å². The van der Waals surface area contributed by atoms with Crippen LogP contribution in [0.4, 0.5) is 11.4 Å². The highest BCUT2D eigenvalue weighted by molar-refractivity contribution is 6.33. The Morgan fingerprint density at radius 2 is 2.23 bits per heavy atom. The zero-order chi connectivity index (χ0) is 18.8. The summed E-state index contributed by atoms with van der Waals surface area (Å²) in [6, 6.07) is 5.08. The second-order valence-electron chi connectivity index (χ2n) is 6.24. The number of ether oxygens (including phenoxy) is 1. The minimum atomic E-state index is -0.543. The molecule has 0 fully saturated rings. The average Bonchev–Trinajstić information content (AvgIpc) is 2.88. The molecule has 1 aromatic carbocycles. The van der Waals surface area contributed by atoms with E-state index in [4.69, 9.17) is 16.3 Å². The molecule has 26 heavy (non-hydrogen) atoms. The molecule has 7 nitrogen and oxygen atoms in total. The van der Waals surface area contributed by atoms with Crippen LogP contribution in [0.15, 0.2) is 18.2 Å². The van der Waals surface area contributed by atoms with Crippen LogP contribution in [0.3, 0.4) is 0 Å². The number of nitrogens with zero attached hydrogens (tertiary/aromatic N) is 2. The summed E-state index contributed by atoms with van der Waals surface area (Å²) >= 11 is 6.34. The second-order valence-corrected chi connectivity index (χ2v) is 6.60. The number of nitrogens with one attached hydrogen (secondary N) is 2. The fraction of sp³-hybridized carbons (Fsp3) is 0.389. The summed E-state index contributed by atoms with van der Waals surface area (Å²) < 4.78 is 7.16. The van der Waals surface area contributed by atoms with Crippen LogP contribution in [-0.2, 0) is 11.3 Å². The number of halogens is 1. The van der Waals surface area contributed by atoms with E-state index in [1.54, 1.807) is 36.7 Å². The predicted molar refractivity (Wildman–Crippen MR) is 100.0 cm³/mol. The quantitative estimate of drug-likeness (QED) is 0.834. The Bertz CT molecular complexity index is 862. The number of aryl methyl sites for hydroxylation is 2. The summed E-state index contributed by atoms with van der Waals surface area (Å²) in [6.45, 7) is 6.18. The fourth-order valence-corrected chi connectivity index (χ4v) is 3.09. The maximum absolute atomic E-state index is 12.7. The van der Waals surface area contributed by atoms with E-state index in [2.05, 4.69) is 22.7 Å². The standard InChI is InChI=1S/C18H21ClN4O3/c1-4-5-8-23-16(19)15(10(2)22-23)18(25)20-12-6-7-14-13(9-12)21-17(24)11(3)26-14/h6-7,9,11H,4-5,8H2,1-3H3,(H,20,25)(H,21,24)/t11-/m0/s1. The number of hydrogen-bond donors (Lipinski definition) is 2. The third-order valence-corrected chi connectivity index (χ3v) is 4.57. The molecule has 0 saturated heterocycles. The van der Waals surface area contributed by atoms with Gasteiger partial charge < -0.3 is 15.4 Å². The van der Waals surface area contributed by atoms with E-state index < -0.39 is 6.10 Å². The Labute approximate surface area is 156 Å². The van der Waals surface area contributed by atoms with Gasteiger partial charge in [-0.05, 0) is 38.5 Å². The van der Waals surface area contributed by atoms with Gasteiger partial charge in [0.05, 0.1) is 16.9 Å². The van der Waals surface area contributed by atoms with Crippen molar-refractivity contribution in [1.82, 2.24) is 9.78 Å². The highest BCUT2D eigenvalue weighted by atomic mass is 35.5. The number of benzene rings is 1. The van der Waals surface area contributed by atoms with Crippen LogP contribution in [0, 0.1) is 6.92 Å². The van der Waals surface area contributed by atoms with Gasteiger partial charge in [0, 0.05) is 12.2 Å². The lowest BCUT2D eigenvalue weighted by atomic mass is 10.2. The highest BCUT2D eigenvalue weighted by Gasteiger charge is 2.24. The van der Waals surface area contributed by atoms with Crippen LogP contribution in [0.2, 0.25) is 5.15 Å². The zero-order valence-electron chi connectivity index (χ0n) is 14.9. The predicted octanol–water partition coefficient (Wildman–Crippen LogP) is 3.62. The topological polar surface area (TPSA) is 85.3 Å². The Balaban J connectivity index is 1.80. The summed E-state index contributed by atoms with van der Waals surface area (Å²) in [5.74, 6) is 0.000356. The van der Waals surface area contributed by atoms with Crippen molar-refractivity contribution in [2.24, 2.45) is 0 Å². The van der Waals surface area contributed by atoms with E-state index >= 15 is 0 Å². The Hall–Kier alpha value is -2.54. The van der Waals surface area contributed by atoms with Crippen molar-refractivity contribution in [1.29, 1.82) is 0 Å². The number of amides is 2. The first-order chi connectivity index (χ1) is 12.4. The van der Waals surface area contributed by atoms with Crippen molar-refractivity contribution in [2.75, 3.05) is 10.6 Å². The molecule has 0 saturated carbocycles. The van der Waals surface area contributed by atoms with Crippen molar-refractivity contribution in [3.8, 4) is 5.75 Å². The monoisotopic (exact) mass is 376 g/mol. The lowest BCUT2D eigenvalue weighted by molar-refractivity contribution is -0.122. The van der Waals surface area contributed by atoms with Crippen LogP contribution in [0.1, 0.15) is 42.7 Å². The molecule has 1 aliphatic rings. The van der Waals surface area contributed by atoms with Crippen molar-refractivity contribution < 1.29 is 14.3 Å². The molecular formula is C18H21ClN4O3. The number of carbonyl (C=O) groups is 2. The molecule has 8 heteroatoms. The number of unbranched alkanes of at least 4 members (excludes halogenated alkanes) is 1. The van der Waals surface area contributed by atoms with E-state index in [1.165, 1.54) is 0 Å². The van der Waals surface area contributed by atoms with Crippen molar-refractivity contribution in [3.63, 3.8) is 0 Å². The number of anilines is 2. The van der Waals surface area contributed by atoms with E-state index in [-0.39, 0.29) is 11.8 Å². The average molecular weight is 377 g/mol. The van der Waals surface area contributed by atoms with Crippen LogP contribution in [0.25, 0.3) is 0 Å². The molecule has 0 aliphatic carbocycles. The Morgan fingerprint density at radius 3 is 2.96 bits per heavy atom. The van der Waals surface area contributed by atoms with Crippen molar-refractivity contribution in [2.45, 2.75) is 46.3 Å². The van der Waals surface area contributed by atoms with Gasteiger partial charge in [-0.25, -0.2) is 0 Å². The van der Waals surface area contributed by atoms with Crippen LogP contribution in [0.5, 0.6) is 5.75 Å². The number of aromatic nitrogens is 2. The normalized spacial score (nSPS) is 15.8. The van der Waals surface area contributed by atoms with Gasteiger partial charge in [0.1, 0.15) is 10.9 Å². The van der Waals surface area contributed by atoms with Gasteiger partial charge in [-0.3, -0.25) is 14.3 Å². The third kappa shape index (κ3) is 3.53. The molecule has 2 amide bonds. The molecule has 1 aromatic heterocycles. The number of hydrogen-bond acceptors (Lipinski definition) is 4. The van der Waals surface area contributed by atoms with E-state index in [0.29, 0.717) is 40.1 Å². The van der Waals surface area contributed by atoms with Crippen molar-refractivity contribution >= 4 is 34.8 Å². The smallest absolute Gasteiger partial charge is 0.265 e. The molecule has 3 rings (SSSR count). The minimum absolute atomic E-state index is 0.225. The molecule has 138 valence electrons. The van der Waals surface area contributed by atoms with Gasteiger partial charge in [-0.1, -0.05) is 24.9 Å². The molecule has 0 radical (unpaired) electrons. The molecular weight excluding hydrogens is 356 g/mol. The second kappa shape index (κ2) is 7.37. The molecule has 1 aliphatic heterocycles. The maximum atomic E-state index is 12.7. The molecule has 2 N–H and O–H groups in total. The zero-order valence-corrected chi connectivity index (χ0v) is 15.7. The molecule has 2 aromatic rings. The summed E-state index contributed by atoms with van der Waals surface area (Å²) in [5, 5.41) is 10.2. The van der Waals surface area contributed by atoms with Crippen LogP contribution < -0.4 is 15.4 Å². The minimum Gasteiger partial charge on any atom is -0.479 e. The fourth-order valence-electron chi connectivity index (χ4n) is 2.75. The first kappa shape index (κ1) is 18.3. The lowest BCUT2D eigenvalue weighted by Gasteiger charge is -2.23. The molecule has 0 unspecified atom stereocenters. The number of fused-ring (bicyclic) bond motifs is 1. The maximum Gasteiger partial charge on any atom is 0.265 e. The van der Waals surface area contributed by atoms with Crippen molar-refractivity contribution in [3.05, 3.63) is 34.6 Å². The van der Waals surface area contributed by atoms with Crippen LogP contribution in [-0.4, -0.2) is 27.7 Å². The molecule has 2 heterocycles. The first-order valence-corrected chi connectivity index (χ1v) is 8.94. The highest BCUT2D eigenvalue weighted by Crippen LogP contribution is 2.32. The Kier molecular flexibility index (Phi) is 5.18. The first-order valence-electron chi connectivity index (χ1n) is 8.56. The lowest BCUT2D eigenvalue weighted by Crippen LogP contribution is -2.34. The third-order valence-electron chi connectivity index (χ3n) is 4.18. The largest absolute Gasteiger partial charge is 0.479 e. The molecule has 1 atom stereocenters. The molecule has 0 bridgehead atoms. The SMILES string of the molecule is CCCCn1nc(C)c(C(=O)Nc2ccc3c(c2)NC(=O)[C@H](C)O3)c1Cl. The van der Waals surface area contributed by atoms with E-state index in [1.807, 2.05) is 0 Å². The number of carbonyl (C=O) groups excluding carboxylic acids is 2. The van der Waals surface area contributed by atoms with E-state index in [9.17, 15) is 9.59 Å². The van der Waals surface area contributed by atoms with Gasteiger partial charge >= 0.3 is 0 Å². The summed E-state index contributed by atoms with van der Waals surface area (Å²) in [5.41, 5.74) is 1.98.